The maximum Gasteiger partial charge on any atom is 0.275 e. The van der Waals surface area contributed by atoms with E-state index < -0.39 is 6.10 Å². The molecule has 2 heterocycles. The summed E-state index contributed by atoms with van der Waals surface area (Å²) in [5.41, 5.74) is 0.291. The first kappa shape index (κ1) is 13.9. The average molecular weight is 269 g/mol. The van der Waals surface area contributed by atoms with E-state index in [4.69, 9.17) is 4.74 Å². The molecule has 0 aromatic carbocycles. The number of aromatic nitrogens is 3. The Morgan fingerprint density at radius 2 is 2.47 bits per heavy atom. The summed E-state index contributed by atoms with van der Waals surface area (Å²) in [6.45, 7) is 2.08. The zero-order valence-corrected chi connectivity index (χ0v) is 11.1. The minimum atomic E-state index is -0.704. The van der Waals surface area contributed by atoms with Gasteiger partial charge in [-0.1, -0.05) is 5.21 Å². The summed E-state index contributed by atoms with van der Waals surface area (Å²) >= 11 is 0. The van der Waals surface area contributed by atoms with Crippen molar-refractivity contribution in [1.82, 2.24) is 25.2 Å². The maximum absolute atomic E-state index is 12.1. The fraction of sp³-hybridized carbons (Fsp3) is 0.727. The minimum Gasteiger partial charge on any atom is -0.389 e. The number of carbonyl (C=O) groups is 1. The van der Waals surface area contributed by atoms with Gasteiger partial charge < -0.3 is 20.1 Å². The number of hydrogen-bond acceptors (Lipinski definition) is 6. The number of likely N-dealkylation sites (N-methyl/N-ethyl adjacent to an activating group) is 1. The van der Waals surface area contributed by atoms with Crippen LogP contribution in [0.3, 0.4) is 0 Å². The summed E-state index contributed by atoms with van der Waals surface area (Å²) in [6.07, 6.45) is 0.942. The van der Waals surface area contributed by atoms with Gasteiger partial charge in [-0.05, 0) is 0 Å². The van der Waals surface area contributed by atoms with Crippen LogP contribution in [0.25, 0.3) is 0 Å². The summed E-state index contributed by atoms with van der Waals surface area (Å²) in [7, 11) is 3.12. The lowest BCUT2D eigenvalue weighted by Gasteiger charge is -2.26. The van der Waals surface area contributed by atoms with E-state index in [-0.39, 0.29) is 25.1 Å². The number of ether oxygens (including phenoxy) is 1. The molecule has 0 aliphatic carbocycles. The van der Waals surface area contributed by atoms with Gasteiger partial charge in [0, 0.05) is 33.8 Å². The molecule has 1 aliphatic rings. The van der Waals surface area contributed by atoms with Crippen LogP contribution in [0.2, 0.25) is 0 Å². The summed E-state index contributed by atoms with van der Waals surface area (Å²) < 4.78 is 6.52. The maximum atomic E-state index is 12.1. The Hall–Kier alpha value is -1.51. The first-order valence-corrected chi connectivity index (χ1v) is 6.17. The summed E-state index contributed by atoms with van der Waals surface area (Å²) in [5, 5.41) is 20.5. The Morgan fingerprint density at radius 1 is 1.74 bits per heavy atom. The highest BCUT2D eigenvalue weighted by atomic mass is 16.5. The topological polar surface area (TPSA) is 92.5 Å². The highest BCUT2D eigenvalue weighted by Gasteiger charge is 2.23. The Labute approximate surface area is 111 Å². The van der Waals surface area contributed by atoms with E-state index in [0.717, 1.165) is 13.1 Å². The number of aliphatic hydroxyl groups excluding tert-OH is 1. The molecule has 1 aromatic rings. The number of nitrogens with one attached hydrogen (secondary N) is 1. The van der Waals surface area contributed by atoms with Crippen molar-refractivity contribution in [2.45, 2.75) is 12.1 Å². The SMILES string of the molecule is COCC(O)CN(C)C(=O)c1cn(C2CNC2)nn1. The molecule has 8 heteroatoms. The summed E-state index contributed by atoms with van der Waals surface area (Å²) in [5.74, 6) is -0.256. The molecule has 1 fully saturated rings. The quantitative estimate of drug-likeness (QED) is 0.653. The lowest BCUT2D eigenvalue weighted by Crippen LogP contribution is -2.43. The monoisotopic (exact) mass is 269 g/mol. The van der Waals surface area contributed by atoms with E-state index in [2.05, 4.69) is 15.6 Å². The first-order chi connectivity index (χ1) is 9.11. The largest absolute Gasteiger partial charge is 0.389 e. The van der Waals surface area contributed by atoms with Crippen molar-refractivity contribution in [3.8, 4) is 0 Å². The number of amides is 1. The molecule has 2 rings (SSSR count). The third-order valence-corrected chi connectivity index (χ3v) is 3.05. The number of carbonyl (C=O) groups excluding carboxylic acids is 1. The van der Waals surface area contributed by atoms with Crippen molar-refractivity contribution in [3.05, 3.63) is 11.9 Å². The zero-order chi connectivity index (χ0) is 13.8. The van der Waals surface area contributed by atoms with E-state index >= 15 is 0 Å². The third kappa shape index (κ3) is 3.28. The Balaban J connectivity index is 1.92. The second kappa shape index (κ2) is 6.09. The van der Waals surface area contributed by atoms with E-state index in [1.807, 2.05) is 0 Å². The molecule has 1 aliphatic heterocycles. The molecule has 0 spiro atoms. The van der Waals surface area contributed by atoms with E-state index in [9.17, 15) is 9.90 Å². The fourth-order valence-electron chi connectivity index (χ4n) is 1.85. The molecule has 1 aromatic heterocycles. The molecule has 1 unspecified atom stereocenters. The van der Waals surface area contributed by atoms with Crippen LogP contribution in [0, 0.1) is 0 Å². The van der Waals surface area contributed by atoms with Gasteiger partial charge in [-0.2, -0.15) is 0 Å². The Bertz CT molecular complexity index is 432. The van der Waals surface area contributed by atoms with Crippen LogP contribution in [-0.4, -0.2) is 77.4 Å². The van der Waals surface area contributed by atoms with Crippen LogP contribution in [0.4, 0.5) is 0 Å². The number of nitrogens with zero attached hydrogens (tertiary/aromatic N) is 4. The smallest absolute Gasteiger partial charge is 0.275 e. The van der Waals surface area contributed by atoms with Crippen molar-refractivity contribution >= 4 is 5.91 Å². The summed E-state index contributed by atoms with van der Waals surface area (Å²) in [4.78, 5) is 13.5. The second-order valence-corrected chi connectivity index (χ2v) is 4.69. The van der Waals surface area contributed by atoms with Gasteiger partial charge in [-0.3, -0.25) is 4.79 Å². The second-order valence-electron chi connectivity index (χ2n) is 4.69. The highest BCUT2D eigenvalue weighted by molar-refractivity contribution is 5.91. The van der Waals surface area contributed by atoms with Crippen LogP contribution >= 0.6 is 0 Å². The van der Waals surface area contributed by atoms with Gasteiger partial charge in [0.15, 0.2) is 5.69 Å². The molecule has 1 atom stereocenters. The average Bonchev–Trinajstić information content (AvgIpc) is 2.75. The van der Waals surface area contributed by atoms with Gasteiger partial charge in [-0.25, -0.2) is 4.68 Å². The third-order valence-electron chi connectivity index (χ3n) is 3.05. The van der Waals surface area contributed by atoms with Crippen molar-refractivity contribution < 1.29 is 14.6 Å². The van der Waals surface area contributed by atoms with E-state index in [1.54, 1.807) is 17.9 Å². The van der Waals surface area contributed by atoms with Crippen molar-refractivity contribution in [2.75, 3.05) is 40.4 Å². The molecular weight excluding hydrogens is 250 g/mol. The van der Waals surface area contributed by atoms with Gasteiger partial charge in [0.05, 0.1) is 24.9 Å². The van der Waals surface area contributed by atoms with Gasteiger partial charge in [0.1, 0.15) is 0 Å². The molecule has 106 valence electrons. The van der Waals surface area contributed by atoms with Gasteiger partial charge in [-0.15, -0.1) is 5.10 Å². The number of methoxy groups -OCH3 is 1. The standard InChI is InChI=1S/C11H19N5O3/c1-15(5-9(17)7-19-2)11(18)10-6-16(14-13-10)8-3-12-4-8/h6,8-9,12,17H,3-5,7H2,1-2H3. The molecule has 2 N–H and O–H groups in total. The Morgan fingerprint density at radius 3 is 3.05 bits per heavy atom. The van der Waals surface area contributed by atoms with E-state index in [0.29, 0.717) is 5.69 Å². The predicted octanol–water partition coefficient (Wildman–Crippen LogP) is -1.50. The van der Waals surface area contributed by atoms with Gasteiger partial charge in [0.2, 0.25) is 0 Å². The zero-order valence-electron chi connectivity index (χ0n) is 11.1. The normalized spacial score (nSPS) is 17.0. The molecule has 0 saturated carbocycles. The molecule has 8 nitrogen and oxygen atoms in total. The van der Waals surface area contributed by atoms with Crippen molar-refractivity contribution in [3.63, 3.8) is 0 Å². The van der Waals surface area contributed by atoms with Crippen molar-refractivity contribution in [2.24, 2.45) is 0 Å². The molecule has 19 heavy (non-hydrogen) atoms. The van der Waals surface area contributed by atoms with Gasteiger partial charge in [0.25, 0.3) is 5.91 Å². The predicted molar refractivity (Wildman–Crippen MR) is 66.8 cm³/mol. The molecule has 0 radical (unpaired) electrons. The van der Waals surface area contributed by atoms with Crippen LogP contribution in [0.1, 0.15) is 16.5 Å². The Kier molecular flexibility index (Phi) is 4.46. The fourth-order valence-corrected chi connectivity index (χ4v) is 1.85. The summed E-state index contributed by atoms with van der Waals surface area (Å²) in [6, 6.07) is 0.276. The minimum absolute atomic E-state index is 0.193. The molecular formula is C11H19N5O3. The van der Waals surface area contributed by atoms with Crippen LogP contribution in [0.5, 0.6) is 0 Å². The van der Waals surface area contributed by atoms with Crippen LogP contribution < -0.4 is 5.32 Å². The first-order valence-electron chi connectivity index (χ1n) is 6.17. The lowest BCUT2D eigenvalue weighted by molar-refractivity contribution is 0.0378. The molecule has 0 bridgehead atoms. The number of rotatable bonds is 6. The number of aliphatic hydroxyl groups is 1. The highest BCUT2D eigenvalue weighted by Crippen LogP contribution is 2.10. The van der Waals surface area contributed by atoms with E-state index in [1.165, 1.54) is 12.0 Å². The van der Waals surface area contributed by atoms with Gasteiger partial charge >= 0.3 is 0 Å². The van der Waals surface area contributed by atoms with Crippen LogP contribution in [-0.2, 0) is 4.74 Å². The molecule has 1 saturated heterocycles. The lowest BCUT2D eigenvalue weighted by atomic mass is 10.2. The number of hydrogen-bond donors (Lipinski definition) is 2. The molecule has 1 amide bonds. The van der Waals surface area contributed by atoms with Crippen molar-refractivity contribution in [1.29, 1.82) is 0 Å². The van der Waals surface area contributed by atoms with Crippen LogP contribution in [0.15, 0.2) is 6.20 Å².